The van der Waals surface area contributed by atoms with E-state index >= 15 is 0 Å². The van der Waals surface area contributed by atoms with E-state index in [0.717, 1.165) is 21.5 Å². The number of hydrogen-bond acceptors (Lipinski definition) is 3. The summed E-state index contributed by atoms with van der Waals surface area (Å²) >= 11 is 3.45. The van der Waals surface area contributed by atoms with Crippen molar-refractivity contribution in [1.29, 1.82) is 0 Å². The Hall–Kier alpha value is -2.66. The molecule has 0 fully saturated rings. The summed E-state index contributed by atoms with van der Waals surface area (Å²) < 4.78 is 0.931. The highest BCUT2D eigenvalue weighted by Crippen LogP contribution is 2.18. The van der Waals surface area contributed by atoms with Gasteiger partial charge in [0.15, 0.2) is 0 Å². The molecule has 0 aliphatic heterocycles. The van der Waals surface area contributed by atoms with Crippen LogP contribution in [-0.4, -0.2) is 10.9 Å². The van der Waals surface area contributed by atoms with Crippen molar-refractivity contribution in [2.45, 2.75) is 6.42 Å². The topological polar surface area (TPSA) is 54.0 Å². The molecule has 5 heteroatoms. The van der Waals surface area contributed by atoms with Crippen LogP contribution in [0.15, 0.2) is 77.4 Å². The van der Waals surface area contributed by atoms with E-state index in [1.807, 2.05) is 66.7 Å². The van der Waals surface area contributed by atoms with E-state index in [4.69, 9.17) is 0 Å². The molecule has 24 heavy (non-hydrogen) atoms. The van der Waals surface area contributed by atoms with Crippen LogP contribution in [0.2, 0.25) is 0 Å². The van der Waals surface area contributed by atoms with Crippen molar-refractivity contribution in [3.05, 3.63) is 83.0 Å². The van der Waals surface area contributed by atoms with E-state index in [1.54, 1.807) is 6.20 Å². The molecule has 3 rings (SSSR count). The fourth-order valence-corrected chi connectivity index (χ4v) is 2.66. The first-order chi connectivity index (χ1) is 11.7. The third-order valence-corrected chi connectivity index (χ3v) is 4.18. The summed E-state index contributed by atoms with van der Waals surface area (Å²) in [5, 5.41) is 6.06. The maximum Gasteiger partial charge on any atom is 0.228 e. The summed E-state index contributed by atoms with van der Waals surface area (Å²) in [6.45, 7) is 0. The molecular formula is C19H16BrN3O. The number of amides is 1. The lowest BCUT2D eigenvalue weighted by molar-refractivity contribution is -0.115. The standard InChI is InChI=1S/C19H16BrN3O/c20-17-9-5-4-6-14(17)12-19(24)23-16-10-11-18(21-13-16)22-15-7-2-1-3-8-15/h1-11,13H,12H2,(H,21,22)(H,23,24). The third-order valence-electron chi connectivity index (χ3n) is 3.40. The Morgan fingerprint density at radius 1 is 0.917 bits per heavy atom. The molecule has 1 amide bonds. The number of nitrogens with one attached hydrogen (secondary N) is 2. The number of benzene rings is 2. The number of hydrogen-bond donors (Lipinski definition) is 2. The monoisotopic (exact) mass is 381 g/mol. The largest absolute Gasteiger partial charge is 0.340 e. The van der Waals surface area contributed by atoms with Gasteiger partial charge in [-0.05, 0) is 35.9 Å². The second-order valence-electron chi connectivity index (χ2n) is 5.24. The highest BCUT2D eigenvalue weighted by molar-refractivity contribution is 9.10. The molecule has 0 radical (unpaired) electrons. The zero-order valence-electron chi connectivity index (χ0n) is 12.9. The van der Waals surface area contributed by atoms with Gasteiger partial charge in [-0.25, -0.2) is 4.98 Å². The Kier molecular flexibility index (Phi) is 5.23. The van der Waals surface area contributed by atoms with E-state index < -0.39 is 0 Å². The van der Waals surface area contributed by atoms with Crippen molar-refractivity contribution in [3.63, 3.8) is 0 Å². The molecule has 0 aliphatic rings. The van der Waals surface area contributed by atoms with Crippen LogP contribution in [0.3, 0.4) is 0 Å². The van der Waals surface area contributed by atoms with Gasteiger partial charge in [0.25, 0.3) is 0 Å². The van der Waals surface area contributed by atoms with E-state index in [1.165, 1.54) is 0 Å². The summed E-state index contributed by atoms with van der Waals surface area (Å²) in [7, 11) is 0. The normalized spacial score (nSPS) is 10.2. The van der Waals surface area contributed by atoms with E-state index in [-0.39, 0.29) is 5.91 Å². The second kappa shape index (κ2) is 7.75. The first-order valence-corrected chi connectivity index (χ1v) is 8.31. The van der Waals surface area contributed by atoms with E-state index in [0.29, 0.717) is 12.1 Å². The highest BCUT2D eigenvalue weighted by Gasteiger charge is 2.07. The molecule has 3 aromatic rings. The molecule has 0 atom stereocenters. The summed E-state index contributed by atoms with van der Waals surface area (Å²) in [6, 6.07) is 21.2. The van der Waals surface area contributed by atoms with E-state index in [2.05, 4.69) is 31.5 Å². The molecule has 0 aliphatic carbocycles. The number of rotatable bonds is 5. The Bertz CT molecular complexity index is 820. The molecule has 0 unspecified atom stereocenters. The van der Waals surface area contributed by atoms with Crippen LogP contribution in [0.1, 0.15) is 5.56 Å². The van der Waals surface area contributed by atoms with Gasteiger partial charge in [0.2, 0.25) is 5.91 Å². The Morgan fingerprint density at radius 3 is 2.38 bits per heavy atom. The SMILES string of the molecule is O=C(Cc1ccccc1Br)Nc1ccc(Nc2ccccc2)nc1. The number of anilines is 3. The third kappa shape index (κ3) is 4.43. The molecule has 0 saturated heterocycles. The Morgan fingerprint density at radius 2 is 1.67 bits per heavy atom. The molecule has 1 aromatic heterocycles. The minimum absolute atomic E-state index is 0.0764. The summed E-state index contributed by atoms with van der Waals surface area (Å²) in [6.07, 6.45) is 1.95. The number of carbonyl (C=O) groups is 1. The van der Waals surface area contributed by atoms with Gasteiger partial charge in [0, 0.05) is 10.2 Å². The van der Waals surface area contributed by atoms with Crippen LogP contribution in [0.5, 0.6) is 0 Å². The first-order valence-electron chi connectivity index (χ1n) is 7.52. The summed E-state index contributed by atoms with van der Waals surface area (Å²) in [5.41, 5.74) is 2.59. The van der Waals surface area contributed by atoms with Gasteiger partial charge < -0.3 is 10.6 Å². The van der Waals surface area contributed by atoms with Crippen molar-refractivity contribution in [3.8, 4) is 0 Å². The first kappa shape index (κ1) is 16.2. The predicted octanol–water partition coefficient (Wildman–Crippen LogP) is 4.77. The van der Waals surface area contributed by atoms with Crippen molar-refractivity contribution in [2.24, 2.45) is 0 Å². The number of pyridine rings is 1. The zero-order chi connectivity index (χ0) is 16.8. The molecule has 2 aromatic carbocycles. The minimum atomic E-state index is -0.0764. The van der Waals surface area contributed by atoms with Gasteiger partial charge in [-0.15, -0.1) is 0 Å². The minimum Gasteiger partial charge on any atom is -0.340 e. The van der Waals surface area contributed by atoms with Crippen LogP contribution in [0.25, 0.3) is 0 Å². The quantitative estimate of drug-likeness (QED) is 0.669. The smallest absolute Gasteiger partial charge is 0.228 e. The number of carbonyl (C=O) groups excluding carboxylic acids is 1. The Balaban J connectivity index is 1.60. The maximum absolute atomic E-state index is 12.1. The van der Waals surface area contributed by atoms with Crippen LogP contribution >= 0.6 is 15.9 Å². The second-order valence-corrected chi connectivity index (χ2v) is 6.09. The Labute approximate surface area is 149 Å². The van der Waals surface area contributed by atoms with Gasteiger partial charge in [-0.3, -0.25) is 4.79 Å². The number of para-hydroxylation sites is 1. The molecule has 4 nitrogen and oxygen atoms in total. The van der Waals surface area contributed by atoms with Crippen LogP contribution in [-0.2, 0) is 11.2 Å². The van der Waals surface area contributed by atoms with E-state index in [9.17, 15) is 4.79 Å². The summed E-state index contributed by atoms with van der Waals surface area (Å²) in [4.78, 5) is 16.5. The molecule has 0 bridgehead atoms. The number of halogens is 1. The number of nitrogens with zero attached hydrogens (tertiary/aromatic N) is 1. The van der Waals surface area contributed by atoms with Gasteiger partial charge >= 0.3 is 0 Å². The molecule has 0 saturated carbocycles. The van der Waals surface area contributed by atoms with Gasteiger partial charge in [0.1, 0.15) is 5.82 Å². The van der Waals surface area contributed by atoms with Crippen molar-refractivity contribution in [1.82, 2.24) is 4.98 Å². The molecule has 120 valence electrons. The van der Waals surface area contributed by atoms with Crippen LogP contribution in [0, 0.1) is 0 Å². The average Bonchev–Trinajstić information content (AvgIpc) is 2.60. The van der Waals surface area contributed by atoms with Crippen LogP contribution < -0.4 is 10.6 Å². The zero-order valence-corrected chi connectivity index (χ0v) is 14.5. The molecule has 0 spiro atoms. The number of aromatic nitrogens is 1. The summed E-state index contributed by atoms with van der Waals surface area (Å²) in [5.74, 6) is 0.650. The van der Waals surface area contributed by atoms with Crippen molar-refractivity contribution in [2.75, 3.05) is 10.6 Å². The van der Waals surface area contributed by atoms with Crippen LogP contribution in [0.4, 0.5) is 17.2 Å². The van der Waals surface area contributed by atoms with Gasteiger partial charge in [-0.2, -0.15) is 0 Å². The van der Waals surface area contributed by atoms with Gasteiger partial charge in [0.05, 0.1) is 18.3 Å². The predicted molar refractivity (Wildman–Crippen MR) is 100 cm³/mol. The van der Waals surface area contributed by atoms with Gasteiger partial charge in [-0.1, -0.05) is 52.3 Å². The lowest BCUT2D eigenvalue weighted by Gasteiger charge is -2.08. The maximum atomic E-state index is 12.1. The highest BCUT2D eigenvalue weighted by atomic mass is 79.9. The van der Waals surface area contributed by atoms with Crippen molar-refractivity contribution >= 4 is 39.0 Å². The molecule has 2 N–H and O–H groups in total. The van der Waals surface area contributed by atoms with Crippen molar-refractivity contribution < 1.29 is 4.79 Å². The average molecular weight is 382 g/mol. The fourth-order valence-electron chi connectivity index (χ4n) is 2.23. The lowest BCUT2D eigenvalue weighted by Crippen LogP contribution is -2.14. The molecular weight excluding hydrogens is 366 g/mol. The lowest BCUT2D eigenvalue weighted by atomic mass is 10.1. The fraction of sp³-hybridized carbons (Fsp3) is 0.0526. The molecule has 1 heterocycles.